The fourth-order valence-electron chi connectivity index (χ4n) is 4.38. The van der Waals surface area contributed by atoms with Gasteiger partial charge in [0.2, 0.25) is 0 Å². The van der Waals surface area contributed by atoms with Crippen molar-refractivity contribution in [2.45, 2.75) is 32.0 Å². The van der Waals surface area contributed by atoms with E-state index in [9.17, 15) is 9.90 Å². The summed E-state index contributed by atoms with van der Waals surface area (Å²) in [7, 11) is 0. The van der Waals surface area contributed by atoms with Gasteiger partial charge in [-0.05, 0) is 23.3 Å². The lowest BCUT2D eigenvalue weighted by Gasteiger charge is -2.43. The molecule has 4 rings (SSSR count). The maximum atomic E-state index is 11.8. The molecule has 0 radical (unpaired) electrons. The van der Waals surface area contributed by atoms with E-state index in [-0.39, 0.29) is 31.3 Å². The summed E-state index contributed by atoms with van der Waals surface area (Å²) in [5, 5.41) is 12.1. The van der Waals surface area contributed by atoms with Crippen molar-refractivity contribution in [3.63, 3.8) is 0 Å². The van der Waals surface area contributed by atoms with Gasteiger partial charge < -0.3 is 24.1 Å². The van der Waals surface area contributed by atoms with Crippen LogP contribution in [0.25, 0.3) is 0 Å². The lowest BCUT2D eigenvalue weighted by molar-refractivity contribution is -0.277. The molecule has 0 aliphatic carbocycles. The molecule has 35 heavy (non-hydrogen) atoms. The Hall–Kier alpha value is -2.75. The average molecular weight is 483 g/mol. The van der Waals surface area contributed by atoms with Gasteiger partial charge in [0.15, 0.2) is 6.29 Å². The molecule has 2 N–H and O–H groups in total. The van der Waals surface area contributed by atoms with E-state index in [1.165, 1.54) is 6.08 Å². The molecule has 8 nitrogen and oxygen atoms in total. The zero-order valence-corrected chi connectivity index (χ0v) is 20.1. The van der Waals surface area contributed by atoms with Gasteiger partial charge in [-0.25, -0.2) is 4.79 Å². The predicted molar refractivity (Wildman–Crippen MR) is 132 cm³/mol. The smallest absolute Gasteiger partial charge is 0.411 e. The number of anilines is 1. The van der Waals surface area contributed by atoms with E-state index in [4.69, 9.17) is 18.9 Å². The predicted octanol–water partition coefficient (Wildman–Crippen LogP) is 4.04. The van der Waals surface area contributed by atoms with Gasteiger partial charge in [-0.2, -0.15) is 0 Å². The highest BCUT2D eigenvalue weighted by Gasteiger charge is 2.39. The third kappa shape index (κ3) is 6.68. The highest BCUT2D eigenvalue weighted by atomic mass is 16.7. The molecule has 4 atom stereocenters. The first-order chi connectivity index (χ1) is 17.1. The minimum atomic E-state index is -0.554. The van der Waals surface area contributed by atoms with E-state index in [0.29, 0.717) is 5.69 Å². The molecule has 2 heterocycles. The van der Waals surface area contributed by atoms with Crippen LogP contribution in [0.15, 0.2) is 61.2 Å². The molecular formula is C27H34N2O6. The molecule has 2 aromatic rings. The van der Waals surface area contributed by atoms with Gasteiger partial charge in [-0.1, -0.05) is 56.0 Å². The summed E-state index contributed by atoms with van der Waals surface area (Å²) in [6.07, 6.45) is 0.220. The number of aliphatic hydroxyl groups excluding tert-OH is 1. The van der Waals surface area contributed by atoms with Gasteiger partial charge in [0, 0.05) is 36.8 Å². The molecule has 2 aliphatic rings. The Kier molecular flexibility index (Phi) is 8.90. The van der Waals surface area contributed by atoms with Crippen molar-refractivity contribution in [3.05, 3.63) is 77.9 Å². The van der Waals surface area contributed by atoms with Crippen molar-refractivity contribution < 1.29 is 28.8 Å². The summed E-state index contributed by atoms with van der Waals surface area (Å²) in [4.78, 5) is 14.2. The van der Waals surface area contributed by atoms with Crippen LogP contribution in [0.1, 0.15) is 36.0 Å². The van der Waals surface area contributed by atoms with Gasteiger partial charge in [0.1, 0.15) is 6.61 Å². The molecule has 0 unspecified atom stereocenters. The summed E-state index contributed by atoms with van der Waals surface area (Å²) < 4.78 is 23.5. The van der Waals surface area contributed by atoms with Crippen molar-refractivity contribution in [3.8, 4) is 0 Å². The molecule has 2 saturated heterocycles. The van der Waals surface area contributed by atoms with E-state index < -0.39 is 12.4 Å². The number of ether oxygens (including phenoxy) is 4. The Morgan fingerprint density at radius 2 is 1.80 bits per heavy atom. The number of benzene rings is 2. The lowest BCUT2D eigenvalue weighted by Crippen LogP contribution is -2.47. The molecule has 2 aliphatic heterocycles. The lowest BCUT2D eigenvalue weighted by atomic mass is 9.90. The Morgan fingerprint density at radius 3 is 2.46 bits per heavy atom. The van der Waals surface area contributed by atoms with Gasteiger partial charge in [-0.15, -0.1) is 0 Å². The molecule has 0 saturated carbocycles. The number of hydrogen-bond acceptors (Lipinski definition) is 7. The Bertz CT molecular complexity index is 959. The summed E-state index contributed by atoms with van der Waals surface area (Å²) in [6.45, 7) is 9.89. The average Bonchev–Trinajstić information content (AvgIpc) is 2.90. The molecule has 0 spiro atoms. The number of carbonyl (C=O) groups excluding carboxylic acids is 1. The number of amides is 1. The van der Waals surface area contributed by atoms with Crippen LogP contribution in [0.3, 0.4) is 0 Å². The summed E-state index contributed by atoms with van der Waals surface area (Å²) in [5.74, 6) is 0.120. The van der Waals surface area contributed by atoms with E-state index in [1.54, 1.807) is 12.1 Å². The van der Waals surface area contributed by atoms with Gasteiger partial charge >= 0.3 is 6.09 Å². The summed E-state index contributed by atoms with van der Waals surface area (Å²) in [5.41, 5.74) is 3.40. The quantitative estimate of drug-likeness (QED) is 0.549. The Morgan fingerprint density at radius 1 is 1.11 bits per heavy atom. The zero-order chi connectivity index (χ0) is 24.6. The highest BCUT2D eigenvalue weighted by molar-refractivity contribution is 5.84. The van der Waals surface area contributed by atoms with Crippen molar-refractivity contribution in [1.82, 2.24) is 4.90 Å². The SMILES string of the molecule is C=CCOC(=O)Nc1ccc([C@H]2O[C@@H](CN3CCOCC3)[C@@H](C)[C@@H](c3ccc(CO)cc3)O2)cc1. The zero-order valence-electron chi connectivity index (χ0n) is 20.1. The van der Waals surface area contributed by atoms with E-state index in [0.717, 1.165) is 49.5 Å². The van der Waals surface area contributed by atoms with Gasteiger partial charge in [0.05, 0.1) is 32.0 Å². The Labute approximate surface area is 206 Å². The molecule has 1 amide bonds. The minimum absolute atomic E-state index is 0.00820. The van der Waals surface area contributed by atoms with E-state index >= 15 is 0 Å². The third-order valence-corrected chi connectivity index (χ3v) is 6.43. The summed E-state index contributed by atoms with van der Waals surface area (Å²) >= 11 is 0. The van der Waals surface area contributed by atoms with E-state index in [1.807, 2.05) is 36.4 Å². The standard InChI is InChI=1S/C27H34N2O6/c1-3-14-33-27(31)28-23-10-8-22(9-11-23)26-34-24(17-29-12-15-32-16-13-29)19(2)25(35-26)21-6-4-20(18-30)5-7-21/h3-11,19,24-26,30H,1,12-18H2,2H3,(H,28,31)/t19-,24+,25+,26+/m1/s1. The number of rotatable bonds is 8. The number of carbonyl (C=O) groups is 1. The van der Waals surface area contributed by atoms with Crippen molar-refractivity contribution in [2.75, 3.05) is 44.8 Å². The van der Waals surface area contributed by atoms with Crippen LogP contribution >= 0.6 is 0 Å². The fraction of sp³-hybridized carbons (Fsp3) is 0.444. The van der Waals surface area contributed by atoms with Crippen molar-refractivity contribution in [2.24, 2.45) is 5.92 Å². The van der Waals surface area contributed by atoms with Crippen molar-refractivity contribution in [1.29, 1.82) is 0 Å². The van der Waals surface area contributed by atoms with Crippen LogP contribution in [0.4, 0.5) is 10.5 Å². The van der Waals surface area contributed by atoms with Crippen LogP contribution in [0.5, 0.6) is 0 Å². The van der Waals surface area contributed by atoms with Crippen LogP contribution in [0, 0.1) is 5.92 Å². The molecule has 188 valence electrons. The van der Waals surface area contributed by atoms with Crippen LogP contribution in [-0.4, -0.2) is 61.7 Å². The maximum Gasteiger partial charge on any atom is 0.411 e. The Balaban J connectivity index is 1.51. The monoisotopic (exact) mass is 482 g/mol. The molecule has 8 heteroatoms. The number of nitrogens with one attached hydrogen (secondary N) is 1. The largest absolute Gasteiger partial charge is 0.445 e. The number of hydrogen-bond donors (Lipinski definition) is 2. The second-order valence-electron chi connectivity index (χ2n) is 8.87. The molecular weight excluding hydrogens is 448 g/mol. The normalized spacial score (nSPS) is 25.1. The van der Waals surface area contributed by atoms with E-state index in [2.05, 4.69) is 23.7 Å². The summed E-state index contributed by atoms with van der Waals surface area (Å²) in [6, 6.07) is 15.3. The topological polar surface area (TPSA) is 89.5 Å². The second kappa shape index (κ2) is 12.3. The van der Waals surface area contributed by atoms with Crippen LogP contribution in [-0.2, 0) is 25.6 Å². The minimum Gasteiger partial charge on any atom is -0.445 e. The van der Waals surface area contributed by atoms with Crippen molar-refractivity contribution >= 4 is 11.8 Å². The molecule has 2 aromatic carbocycles. The first-order valence-corrected chi connectivity index (χ1v) is 12.0. The van der Waals surface area contributed by atoms with Crippen LogP contribution in [0.2, 0.25) is 0 Å². The fourth-order valence-corrected chi connectivity index (χ4v) is 4.38. The first kappa shape index (κ1) is 25.3. The third-order valence-electron chi connectivity index (χ3n) is 6.43. The highest BCUT2D eigenvalue weighted by Crippen LogP contribution is 2.42. The first-order valence-electron chi connectivity index (χ1n) is 12.0. The maximum absolute atomic E-state index is 11.8. The number of nitrogens with zero attached hydrogens (tertiary/aromatic N) is 1. The molecule has 0 bridgehead atoms. The molecule has 2 fully saturated rings. The number of morpholine rings is 1. The molecule has 0 aromatic heterocycles. The number of aliphatic hydroxyl groups is 1. The van der Waals surface area contributed by atoms with Crippen LogP contribution < -0.4 is 5.32 Å². The van der Waals surface area contributed by atoms with Gasteiger partial charge in [-0.3, -0.25) is 10.2 Å². The second-order valence-corrected chi connectivity index (χ2v) is 8.87. The van der Waals surface area contributed by atoms with Gasteiger partial charge in [0.25, 0.3) is 0 Å².